The van der Waals surface area contributed by atoms with E-state index >= 15 is 0 Å². The number of aromatic nitrogens is 2. The van der Waals surface area contributed by atoms with E-state index in [9.17, 15) is 14.9 Å². The molecule has 1 fully saturated rings. The molecule has 3 aromatic rings. The number of carbonyl (C=O) groups excluding carboxylic acids is 1. The van der Waals surface area contributed by atoms with Crippen LogP contribution in [0.3, 0.4) is 0 Å². The van der Waals surface area contributed by atoms with E-state index in [4.69, 9.17) is 16.3 Å². The Hall–Kier alpha value is -3.27. The topological polar surface area (TPSA) is 103 Å². The van der Waals surface area contributed by atoms with Crippen molar-refractivity contribution in [3.05, 3.63) is 75.4 Å². The molecule has 0 unspecified atom stereocenters. The Morgan fingerprint density at radius 2 is 1.88 bits per heavy atom. The highest BCUT2D eigenvalue weighted by molar-refractivity contribution is 6.32. The predicted molar refractivity (Wildman–Crippen MR) is 125 cm³/mol. The third-order valence-corrected chi connectivity index (χ3v) is 5.76. The number of nitro benzene ring substituents is 1. The smallest absolute Gasteiger partial charge is 0.270 e. The van der Waals surface area contributed by atoms with Crippen LogP contribution in [0.4, 0.5) is 5.69 Å². The number of morpholine rings is 1. The van der Waals surface area contributed by atoms with Crippen LogP contribution >= 0.6 is 11.6 Å². The summed E-state index contributed by atoms with van der Waals surface area (Å²) < 4.78 is 6.87. The van der Waals surface area contributed by atoms with E-state index in [1.165, 1.54) is 16.8 Å². The molecular weight excluding hydrogens is 446 g/mol. The molecule has 2 heterocycles. The SMILES string of the molecule is O=C(NCCCN1CCOCC1)c1cc(-c2ccc([N+](=O)[O-])cc2)nn1-c1ccccc1Cl. The number of benzene rings is 2. The third kappa shape index (κ3) is 5.57. The van der Waals surface area contributed by atoms with Crippen molar-refractivity contribution in [1.29, 1.82) is 0 Å². The van der Waals surface area contributed by atoms with Gasteiger partial charge < -0.3 is 10.1 Å². The molecule has 172 valence electrons. The normalized spacial score (nSPS) is 14.2. The lowest BCUT2D eigenvalue weighted by Gasteiger charge is -2.26. The highest BCUT2D eigenvalue weighted by Gasteiger charge is 2.19. The summed E-state index contributed by atoms with van der Waals surface area (Å²) in [6.45, 7) is 4.72. The van der Waals surface area contributed by atoms with Crippen molar-refractivity contribution >= 4 is 23.2 Å². The maximum Gasteiger partial charge on any atom is 0.270 e. The number of ether oxygens (including phenoxy) is 1. The molecule has 10 heteroatoms. The van der Waals surface area contributed by atoms with Crippen LogP contribution in [0.2, 0.25) is 5.02 Å². The molecule has 0 aliphatic carbocycles. The number of non-ortho nitro benzene ring substituents is 1. The molecule has 1 aliphatic rings. The molecule has 1 saturated heterocycles. The fourth-order valence-electron chi connectivity index (χ4n) is 3.66. The van der Waals surface area contributed by atoms with Gasteiger partial charge in [-0.25, -0.2) is 4.68 Å². The Morgan fingerprint density at radius 3 is 2.58 bits per heavy atom. The van der Waals surface area contributed by atoms with Crippen molar-refractivity contribution in [2.75, 3.05) is 39.4 Å². The molecule has 33 heavy (non-hydrogen) atoms. The van der Waals surface area contributed by atoms with Gasteiger partial charge in [-0.15, -0.1) is 0 Å². The highest BCUT2D eigenvalue weighted by atomic mass is 35.5. The molecule has 1 aliphatic heterocycles. The van der Waals surface area contributed by atoms with E-state index in [1.807, 2.05) is 6.07 Å². The van der Waals surface area contributed by atoms with E-state index in [0.717, 1.165) is 39.3 Å². The van der Waals surface area contributed by atoms with Crippen LogP contribution < -0.4 is 5.32 Å². The van der Waals surface area contributed by atoms with Crippen LogP contribution in [0.25, 0.3) is 16.9 Å². The average Bonchev–Trinajstić information content (AvgIpc) is 3.28. The van der Waals surface area contributed by atoms with Crippen LogP contribution in [0.15, 0.2) is 54.6 Å². The summed E-state index contributed by atoms with van der Waals surface area (Å²) in [7, 11) is 0. The number of nitrogens with zero attached hydrogens (tertiary/aromatic N) is 4. The lowest BCUT2D eigenvalue weighted by molar-refractivity contribution is -0.384. The Kier molecular flexibility index (Phi) is 7.33. The molecule has 0 radical (unpaired) electrons. The summed E-state index contributed by atoms with van der Waals surface area (Å²) in [5, 5.41) is 19.0. The zero-order valence-electron chi connectivity index (χ0n) is 17.9. The summed E-state index contributed by atoms with van der Waals surface area (Å²) in [6, 6.07) is 14.9. The second-order valence-electron chi connectivity index (χ2n) is 7.65. The van der Waals surface area contributed by atoms with Gasteiger partial charge in [0.2, 0.25) is 0 Å². The number of nitro groups is 1. The number of carbonyl (C=O) groups is 1. The van der Waals surface area contributed by atoms with Crippen LogP contribution in [0.1, 0.15) is 16.9 Å². The first-order valence-corrected chi connectivity index (χ1v) is 11.1. The summed E-state index contributed by atoms with van der Waals surface area (Å²) in [4.78, 5) is 25.9. The second-order valence-corrected chi connectivity index (χ2v) is 8.05. The Balaban J connectivity index is 1.54. The molecule has 0 spiro atoms. The first kappa shape index (κ1) is 22.9. The quantitative estimate of drug-likeness (QED) is 0.307. The van der Waals surface area contributed by atoms with Crippen LogP contribution in [-0.4, -0.2) is 64.9 Å². The summed E-state index contributed by atoms with van der Waals surface area (Å²) >= 11 is 6.38. The van der Waals surface area contributed by atoms with E-state index in [-0.39, 0.29) is 11.6 Å². The fourth-order valence-corrected chi connectivity index (χ4v) is 3.88. The van der Waals surface area contributed by atoms with Gasteiger partial charge in [-0.3, -0.25) is 19.8 Å². The van der Waals surface area contributed by atoms with Gasteiger partial charge in [-0.05, 0) is 43.3 Å². The standard InChI is InChI=1S/C23H24ClN5O4/c24-19-4-1-2-5-21(19)28-22(23(30)25-10-3-11-27-12-14-33-15-13-27)16-20(26-28)17-6-8-18(9-7-17)29(31)32/h1-2,4-9,16H,3,10-15H2,(H,25,30). The molecule has 1 aromatic heterocycles. The summed E-state index contributed by atoms with van der Waals surface area (Å²) in [6.07, 6.45) is 0.821. The van der Waals surface area contributed by atoms with E-state index in [0.29, 0.717) is 34.2 Å². The fraction of sp³-hybridized carbons (Fsp3) is 0.304. The van der Waals surface area contributed by atoms with Gasteiger partial charge in [0.15, 0.2) is 0 Å². The van der Waals surface area contributed by atoms with Crippen molar-refractivity contribution < 1.29 is 14.5 Å². The minimum Gasteiger partial charge on any atom is -0.379 e. The molecule has 2 aromatic carbocycles. The first-order valence-electron chi connectivity index (χ1n) is 10.7. The maximum absolute atomic E-state index is 13.1. The monoisotopic (exact) mass is 469 g/mol. The molecule has 0 bridgehead atoms. The number of rotatable bonds is 8. The van der Waals surface area contributed by atoms with Gasteiger partial charge in [-0.1, -0.05) is 23.7 Å². The predicted octanol–water partition coefficient (Wildman–Crippen LogP) is 3.55. The Bertz CT molecular complexity index is 1130. The number of amides is 1. The van der Waals surface area contributed by atoms with Crippen LogP contribution in [-0.2, 0) is 4.74 Å². The van der Waals surface area contributed by atoms with Crippen molar-refractivity contribution in [1.82, 2.24) is 20.0 Å². The molecule has 1 amide bonds. The number of halogens is 1. The maximum atomic E-state index is 13.1. The molecule has 4 rings (SSSR count). The minimum atomic E-state index is -0.456. The minimum absolute atomic E-state index is 0.0116. The average molecular weight is 470 g/mol. The molecule has 9 nitrogen and oxygen atoms in total. The van der Waals surface area contributed by atoms with Gasteiger partial charge in [0.05, 0.1) is 34.5 Å². The number of hydrogen-bond acceptors (Lipinski definition) is 6. The lowest BCUT2D eigenvalue weighted by Crippen LogP contribution is -2.38. The van der Waals surface area contributed by atoms with Gasteiger partial charge in [-0.2, -0.15) is 5.10 Å². The lowest BCUT2D eigenvalue weighted by atomic mass is 10.1. The van der Waals surface area contributed by atoms with Crippen molar-refractivity contribution in [2.24, 2.45) is 0 Å². The van der Waals surface area contributed by atoms with E-state index < -0.39 is 4.92 Å². The van der Waals surface area contributed by atoms with Crippen LogP contribution in [0.5, 0.6) is 0 Å². The zero-order chi connectivity index (χ0) is 23.2. The Labute approximate surface area is 196 Å². The zero-order valence-corrected chi connectivity index (χ0v) is 18.7. The number of para-hydroxylation sites is 1. The molecule has 0 saturated carbocycles. The van der Waals surface area contributed by atoms with Crippen LogP contribution in [0, 0.1) is 10.1 Å². The van der Waals surface area contributed by atoms with E-state index in [1.54, 1.807) is 36.4 Å². The Morgan fingerprint density at radius 1 is 1.15 bits per heavy atom. The third-order valence-electron chi connectivity index (χ3n) is 5.44. The summed E-state index contributed by atoms with van der Waals surface area (Å²) in [5.74, 6) is -0.266. The van der Waals surface area contributed by atoms with Gasteiger partial charge in [0.25, 0.3) is 11.6 Å². The molecular formula is C23H24ClN5O4. The van der Waals surface area contributed by atoms with Crippen molar-refractivity contribution in [3.8, 4) is 16.9 Å². The van der Waals surface area contributed by atoms with Crippen molar-refractivity contribution in [3.63, 3.8) is 0 Å². The number of hydrogen-bond donors (Lipinski definition) is 1. The van der Waals surface area contributed by atoms with Gasteiger partial charge in [0, 0.05) is 37.3 Å². The van der Waals surface area contributed by atoms with Crippen molar-refractivity contribution in [2.45, 2.75) is 6.42 Å². The van der Waals surface area contributed by atoms with E-state index in [2.05, 4.69) is 15.3 Å². The second kappa shape index (κ2) is 10.6. The largest absolute Gasteiger partial charge is 0.379 e. The molecule has 1 N–H and O–H groups in total. The number of nitrogens with one attached hydrogen (secondary N) is 1. The highest BCUT2D eigenvalue weighted by Crippen LogP contribution is 2.26. The molecule has 0 atom stereocenters. The van der Waals surface area contributed by atoms with Gasteiger partial charge in [0.1, 0.15) is 5.69 Å². The van der Waals surface area contributed by atoms with Gasteiger partial charge >= 0.3 is 0 Å². The summed E-state index contributed by atoms with van der Waals surface area (Å²) in [5.41, 5.74) is 2.08. The first-order chi connectivity index (χ1) is 16.0.